The number of rotatable bonds is 5. The van der Waals surface area contributed by atoms with E-state index in [2.05, 4.69) is 5.32 Å². The second kappa shape index (κ2) is 6.82. The Labute approximate surface area is 122 Å². The van der Waals surface area contributed by atoms with Crippen LogP contribution in [0.25, 0.3) is 0 Å². The summed E-state index contributed by atoms with van der Waals surface area (Å²) in [5, 5.41) is 3.69. The second-order valence-electron chi connectivity index (χ2n) is 4.89. The van der Waals surface area contributed by atoms with E-state index >= 15 is 0 Å². The SMILES string of the molecule is CC(Cc1ccc(F)cc1)NCc1cc(F)cc(Cl)c1. The van der Waals surface area contributed by atoms with Gasteiger partial charge in [-0.2, -0.15) is 0 Å². The fourth-order valence-electron chi connectivity index (χ4n) is 2.05. The highest BCUT2D eigenvalue weighted by molar-refractivity contribution is 6.30. The first-order valence-corrected chi connectivity index (χ1v) is 6.83. The van der Waals surface area contributed by atoms with Gasteiger partial charge >= 0.3 is 0 Å². The molecule has 1 N–H and O–H groups in total. The largest absolute Gasteiger partial charge is 0.310 e. The number of hydrogen-bond acceptors (Lipinski definition) is 1. The predicted octanol–water partition coefficient (Wildman–Crippen LogP) is 4.34. The van der Waals surface area contributed by atoms with E-state index in [-0.39, 0.29) is 17.7 Å². The summed E-state index contributed by atoms with van der Waals surface area (Å²) in [6.07, 6.45) is 0.781. The van der Waals surface area contributed by atoms with Gasteiger partial charge in [0.25, 0.3) is 0 Å². The molecule has 106 valence electrons. The van der Waals surface area contributed by atoms with E-state index in [0.717, 1.165) is 17.5 Å². The molecule has 0 aliphatic rings. The van der Waals surface area contributed by atoms with Crippen molar-refractivity contribution in [1.29, 1.82) is 0 Å². The van der Waals surface area contributed by atoms with Crippen molar-refractivity contribution in [2.45, 2.75) is 25.9 Å². The number of benzene rings is 2. The first-order valence-electron chi connectivity index (χ1n) is 6.46. The van der Waals surface area contributed by atoms with Crippen molar-refractivity contribution >= 4 is 11.6 Å². The molecule has 0 aliphatic carbocycles. The normalized spacial score (nSPS) is 12.4. The third-order valence-corrected chi connectivity index (χ3v) is 3.25. The minimum Gasteiger partial charge on any atom is -0.310 e. The molecule has 0 fully saturated rings. The summed E-state index contributed by atoms with van der Waals surface area (Å²) in [5.74, 6) is -0.566. The average Bonchev–Trinajstić information content (AvgIpc) is 2.38. The standard InChI is InChI=1S/C16H16ClF2N/c1-11(6-12-2-4-15(18)5-3-12)20-10-13-7-14(17)9-16(19)8-13/h2-5,7-9,11,20H,6,10H2,1H3. The molecular weight excluding hydrogens is 280 g/mol. The second-order valence-corrected chi connectivity index (χ2v) is 5.33. The molecule has 20 heavy (non-hydrogen) atoms. The summed E-state index contributed by atoms with van der Waals surface area (Å²) in [6.45, 7) is 2.57. The molecule has 4 heteroatoms. The van der Waals surface area contributed by atoms with E-state index in [0.29, 0.717) is 11.6 Å². The molecule has 0 saturated carbocycles. The Morgan fingerprint density at radius 3 is 2.35 bits per heavy atom. The van der Waals surface area contributed by atoms with Crippen LogP contribution in [0.1, 0.15) is 18.1 Å². The Bertz CT molecular complexity index is 549. The van der Waals surface area contributed by atoms with E-state index in [1.807, 2.05) is 6.92 Å². The molecule has 0 bridgehead atoms. The number of hydrogen-bond donors (Lipinski definition) is 1. The lowest BCUT2D eigenvalue weighted by atomic mass is 10.1. The van der Waals surface area contributed by atoms with Crippen LogP contribution in [0, 0.1) is 11.6 Å². The van der Waals surface area contributed by atoms with Crippen LogP contribution >= 0.6 is 11.6 Å². The summed E-state index contributed by atoms with van der Waals surface area (Å²) >= 11 is 5.81. The molecule has 0 amide bonds. The molecule has 0 radical (unpaired) electrons. The van der Waals surface area contributed by atoms with Gasteiger partial charge in [-0.15, -0.1) is 0 Å². The highest BCUT2D eigenvalue weighted by Crippen LogP contribution is 2.14. The first kappa shape index (κ1) is 14.9. The van der Waals surface area contributed by atoms with Crippen molar-refractivity contribution in [2.75, 3.05) is 0 Å². The Hall–Kier alpha value is -1.45. The van der Waals surface area contributed by atoms with Gasteiger partial charge in [0.05, 0.1) is 0 Å². The summed E-state index contributed by atoms with van der Waals surface area (Å²) < 4.78 is 26.0. The van der Waals surface area contributed by atoms with E-state index in [4.69, 9.17) is 11.6 Å². The van der Waals surface area contributed by atoms with Crippen LogP contribution in [-0.4, -0.2) is 6.04 Å². The fraction of sp³-hybridized carbons (Fsp3) is 0.250. The molecule has 1 atom stereocenters. The Morgan fingerprint density at radius 1 is 1.00 bits per heavy atom. The maximum atomic E-state index is 13.2. The molecule has 2 aromatic carbocycles. The summed E-state index contributed by atoms with van der Waals surface area (Å²) in [4.78, 5) is 0. The number of nitrogens with one attached hydrogen (secondary N) is 1. The lowest BCUT2D eigenvalue weighted by molar-refractivity contribution is 0.541. The van der Waals surface area contributed by atoms with Crippen molar-refractivity contribution in [3.05, 3.63) is 70.2 Å². The predicted molar refractivity (Wildman–Crippen MR) is 77.8 cm³/mol. The average molecular weight is 296 g/mol. The van der Waals surface area contributed by atoms with Crippen LogP contribution in [0.15, 0.2) is 42.5 Å². The molecular formula is C16H16ClF2N. The van der Waals surface area contributed by atoms with E-state index < -0.39 is 0 Å². The van der Waals surface area contributed by atoms with Crippen molar-refractivity contribution in [3.8, 4) is 0 Å². The Kier molecular flexibility index (Phi) is 5.10. The lowest BCUT2D eigenvalue weighted by Gasteiger charge is -2.14. The van der Waals surface area contributed by atoms with Gasteiger partial charge in [-0.05, 0) is 54.8 Å². The van der Waals surface area contributed by atoms with Gasteiger partial charge in [-0.25, -0.2) is 8.78 Å². The summed E-state index contributed by atoms with van der Waals surface area (Å²) in [6, 6.07) is 11.1. The van der Waals surface area contributed by atoms with Crippen molar-refractivity contribution in [3.63, 3.8) is 0 Å². The number of halogens is 3. The van der Waals surface area contributed by atoms with Gasteiger partial charge in [0.15, 0.2) is 0 Å². The zero-order valence-electron chi connectivity index (χ0n) is 11.2. The molecule has 0 spiro atoms. The minimum atomic E-state index is -0.333. The quantitative estimate of drug-likeness (QED) is 0.865. The van der Waals surface area contributed by atoms with Crippen molar-refractivity contribution in [1.82, 2.24) is 5.32 Å². The van der Waals surface area contributed by atoms with E-state index in [1.54, 1.807) is 18.2 Å². The fourth-order valence-corrected chi connectivity index (χ4v) is 2.30. The van der Waals surface area contributed by atoms with Crippen LogP contribution < -0.4 is 5.32 Å². The van der Waals surface area contributed by atoms with Crippen molar-refractivity contribution < 1.29 is 8.78 Å². The van der Waals surface area contributed by atoms with Gasteiger partial charge in [-0.3, -0.25) is 0 Å². The molecule has 0 saturated heterocycles. The Morgan fingerprint density at radius 2 is 1.70 bits per heavy atom. The molecule has 0 aromatic heterocycles. The van der Waals surface area contributed by atoms with E-state index in [1.165, 1.54) is 24.3 Å². The highest BCUT2D eigenvalue weighted by Gasteiger charge is 2.05. The molecule has 0 heterocycles. The Balaban J connectivity index is 1.88. The van der Waals surface area contributed by atoms with Gasteiger partial charge in [0.1, 0.15) is 11.6 Å². The molecule has 1 nitrogen and oxygen atoms in total. The maximum absolute atomic E-state index is 13.2. The maximum Gasteiger partial charge on any atom is 0.125 e. The summed E-state index contributed by atoms with van der Waals surface area (Å²) in [5.41, 5.74) is 1.87. The van der Waals surface area contributed by atoms with Gasteiger partial charge < -0.3 is 5.32 Å². The third-order valence-electron chi connectivity index (χ3n) is 3.03. The molecule has 0 aliphatic heterocycles. The van der Waals surface area contributed by atoms with Gasteiger partial charge in [0, 0.05) is 17.6 Å². The monoisotopic (exact) mass is 295 g/mol. The molecule has 2 aromatic rings. The molecule has 1 unspecified atom stereocenters. The molecule has 2 rings (SSSR count). The third kappa shape index (κ3) is 4.58. The van der Waals surface area contributed by atoms with Gasteiger partial charge in [-0.1, -0.05) is 23.7 Å². The zero-order valence-corrected chi connectivity index (χ0v) is 11.9. The smallest absolute Gasteiger partial charge is 0.125 e. The minimum absolute atomic E-state index is 0.197. The zero-order chi connectivity index (χ0) is 14.5. The lowest BCUT2D eigenvalue weighted by Crippen LogP contribution is -2.27. The van der Waals surface area contributed by atoms with Crippen LogP contribution in [-0.2, 0) is 13.0 Å². The van der Waals surface area contributed by atoms with Gasteiger partial charge in [0.2, 0.25) is 0 Å². The van der Waals surface area contributed by atoms with Crippen LogP contribution in [0.3, 0.4) is 0 Å². The van der Waals surface area contributed by atoms with E-state index in [9.17, 15) is 8.78 Å². The van der Waals surface area contributed by atoms with Crippen LogP contribution in [0.5, 0.6) is 0 Å². The van der Waals surface area contributed by atoms with Crippen LogP contribution in [0.2, 0.25) is 5.02 Å². The topological polar surface area (TPSA) is 12.0 Å². The highest BCUT2D eigenvalue weighted by atomic mass is 35.5. The summed E-state index contributed by atoms with van der Waals surface area (Å²) in [7, 11) is 0. The van der Waals surface area contributed by atoms with Crippen molar-refractivity contribution in [2.24, 2.45) is 0 Å². The van der Waals surface area contributed by atoms with Crippen LogP contribution in [0.4, 0.5) is 8.78 Å². The first-order chi connectivity index (χ1) is 9.52.